The van der Waals surface area contributed by atoms with E-state index in [9.17, 15) is 9.59 Å². The van der Waals surface area contributed by atoms with Gasteiger partial charge in [0.15, 0.2) is 0 Å². The zero-order valence-electron chi connectivity index (χ0n) is 11.9. The molecule has 2 rings (SSSR count). The number of hydrogen-bond donors (Lipinski definition) is 3. The molecule has 116 valence electrons. The Bertz CT molecular complexity index is 586. The van der Waals surface area contributed by atoms with E-state index in [0.29, 0.717) is 0 Å². The normalized spacial score (nSPS) is 18.2. The molecule has 0 radical (unpaired) electrons. The molecule has 1 unspecified atom stereocenters. The fourth-order valence-electron chi connectivity index (χ4n) is 2.14. The van der Waals surface area contributed by atoms with Gasteiger partial charge in [0.2, 0.25) is 5.91 Å². The van der Waals surface area contributed by atoms with Gasteiger partial charge in [0.25, 0.3) is 0 Å². The topological polar surface area (TPSA) is 69.6 Å². The van der Waals surface area contributed by atoms with Crippen LogP contribution in [0.5, 0.6) is 0 Å². The highest BCUT2D eigenvalue weighted by molar-refractivity contribution is 7.80. The van der Waals surface area contributed by atoms with Crippen LogP contribution in [0.4, 0.5) is 0 Å². The van der Waals surface area contributed by atoms with Gasteiger partial charge in [-0.05, 0) is 17.7 Å². The van der Waals surface area contributed by atoms with E-state index in [2.05, 4.69) is 17.9 Å². The van der Waals surface area contributed by atoms with Crippen molar-refractivity contribution in [3.05, 3.63) is 60.3 Å². The number of carbonyl (C=O) groups excluding carboxylic acids is 1. The molecule has 1 aliphatic heterocycles. The Balaban J connectivity index is 2.06. The van der Waals surface area contributed by atoms with Crippen LogP contribution in [0.25, 0.3) is 0 Å². The van der Waals surface area contributed by atoms with Gasteiger partial charge in [-0.15, -0.1) is 0 Å². The van der Waals surface area contributed by atoms with Gasteiger partial charge in [0, 0.05) is 12.0 Å². The largest absolute Gasteiger partial charge is 0.480 e. The van der Waals surface area contributed by atoms with Crippen LogP contribution in [0.2, 0.25) is 0 Å². The Labute approximate surface area is 134 Å². The van der Waals surface area contributed by atoms with Crippen LogP contribution in [0, 0.1) is 0 Å². The van der Waals surface area contributed by atoms with Crippen molar-refractivity contribution in [2.45, 2.75) is 18.6 Å². The fraction of sp³-hybridized carbons (Fsp3) is 0.250. The number of nitrogens with one attached hydrogen (secondary N) is 1. The minimum atomic E-state index is -0.992. The van der Waals surface area contributed by atoms with Crippen molar-refractivity contribution < 1.29 is 14.7 Å². The summed E-state index contributed by atoms with van der Waals surface area (Å²) in [6, 6.07) is 8.61. The van der Waals surface area contributed by atoms with Crippen LogP contribution in [-0.4, -0.2) is 39.8 Å². The van der Waals surface area contributed by atoms with Gasteiger partial charge in [0.05, 0.1) is 6.42 Å². The van der Waals surface area contributed by atoms with Gasteiger partial charge in [0.1, 0.15) is 12.2 Å². The number of hydrogen-bond acceptors (Lipinski definition) is 4. The molecule has 2 N–H and O–H groups in total. The standard InChI is InChI=1S/C16H18N2O3S/c19-15(10-12-6-2-1-3-7-12)18-9-5-4-8-14(18)17-13(11-22)16(20)21/h1-9,13-14,17,22H,10-11H2,(H,20,21)/t13?,14-/m0/s1. The van der Waals surface area contributed by atoms with Gasteiger partial charge in [-0.2, -0.15) is 12.6 Å². The first-order valence-corrected chi connectivity index (χ1v) is 7.55. The summed E-state index contributed by atoms with van der Waals surface area (Å²) >= 11 is 4.03. The van der Waals surface area contributed by atoms with E-state index in [-0.39, 0.29) is 18.1 Å². The second-order valence-corrected chi connectivity index (χ2v) is 5.24. The average molecular weight is 318 g/mol. The number of aliphatic carboxylic acids is 1. The van der Waals surface area contributed by atoms with Crippen molar-refractivity contribution in [2.75, 3.05) is 5.75 Å². The zero-order chi connectivity index (χ0) is 15.9. The highest BCUT2D eigenvalue weighted by atomic mass is 32.1. The fourth-order valence-corrected chi connectivity index (χ4v) is 2.40. The SMILES string of the molecule is O=C(O)C(CS)N[C@@H]1C=CC=CN1C(=O)Cc1ccccc1. The molecule has 0 fully saturated rings. The second kappa shape index (κ2) is 7.82. The predicted octanol–water partition coefficient (Wildman–Crippen LogP) is 1.44. The molecule has 5 nitrogen and oxygen atoms in total. The van der Waals surface area contributed by atoms with E-state index in [1.165, 1.54) is 4.90 Å². The molecule has 0 aliphatic carbocycles. The van der Waals surface area contributed by atoms with Crippen LogP contribution >= 0.6 is 12.6 Å². The van der Waals surface area contributed by atoms with Crippen molar-refractivity contribution in [1.82, 2.24) is 10.2 Å². The molecule has 22 heavy (non-hydrogen) atoms. The van der Waals surface area contributed by atoms with E-state index >= 15 is 0 Å². The summed E-state index contributed by atoms with van der Waals surface area (Å²) in [4.78, 5) is 25.1. The predicted molar refractivity (Wildman–Crippen MR) is 87.5 cm³/mol. The van der Waals surface area contributed by atoms with Crippen molar-refractivity contribution in [3.63, 3.8) is 0 Å². The number of carbonyl (C=O) groups is 2. The molecule has 1 aromatic rings. The Kier molecular flexibility index (Phi) is 5.80. The van der Waals surface area contributed by atoms with Crippen molar-refractivity contribution in [1.29, 1.82) is 0 Å². The van der Waals surface area contributed by atoms with E-state index in [0.717, 1.165) is 5.56 Å². The molecular weight excluding hydrogens is 300 g/mol. The monoisotopic (exact) mass is 318 g/mol. The van der Waals surface area contributed by atoms with Gasteiger partial charge >= 0.3 is 5.97 Å². The van der Waals surface area contributed by atoms with Gasteiger partial charge < -0.3 is 5.11 Å². The third-order valence-corrected chi connectivity index (χ3v) is 3.65. The molecule has 2 atom stereocenters. The van der Waals surface area contributed by atoms with E-state index < -0.39 is 18.2 Å². The minimum absolute atomic E-state index is 0.104. The highest BCUT2D eigenvalue weighted by Gasteiger charge is 2.26. The number of benzene rings is 1. The Hall–Kier alpha value is -2.05. The molecular formula is C16H18N2O3S. The molecule has 0 bridgehead atoms. The lowest BCUT2D eigenvalue weighted by Gasteiger charge is -2.31. The van der Waals surface area contributed by atoms with E-state index in [1.807, 2.05) is 30.3 Å². The van der Waals surface area contributed by atoms with Crippen LogP contribution in [0.15, 0.2) is 54.8 Å². The summed E-state index contributed by atoms with van der Waals surface area (Å²) in [5.74, 6) is -0.953. The Morgan fingerprint density at radius 2 is 2.00 bits per heavy atom. The summed E-state index contributed by atoms with van der Waals surface area (Å²) in [7, 11) is 0. The lowest BCUT2D eigenvalue weighted by Crippen LogP contribution is -2.52. The molecule has 0 saturated heterocycles. The van der Waals surface area contributed by atoms with Crippen molar-refractivity contribution in [3.8, 4) is 0 Å². The first kappa shape index (κ1) is 16.3. The molecule has 0 aromatic heterocycles. The summed E-state index contributed by atoms with van der Waals surface area (Å²) in [6.45, 7) is 0. The summed E-state index contributed by atoms with van der Waals surface area (Å²) in [5, 5.41) is 12.0. The number of carboxylic acid groups (broad SMARTS) is 1. The van der Waals surface area contributed by atoms with Crippen LogP contribution in [0.1, 0.15) is 5.56 Å². The first-order valence-electron chi connectivity index (χ1n) is 6.91. The van der Waals surface area contributed by atoms with E-state index in [4.69, 9.17) is 5.11 Å². The molecule has 1 aromatic carbocycles. The second-order valence-electron chi connectivity index (χ2n) is 4.87. The maximum Gasteiger partial charge on any atom is 0.321 e. The number of amides is 1. The average Bonchev–Trinajstić information content (AvgIpc) is 2.53. The summed E-state index contributed by atoms with van der Waals surface area (Å²) in [5.41, 5.74) is 0.915. The number of allylic oxidation sites excluding steroid dienone is 2. The number of nitrogens with zero attached hydrogens (tertiary/aromatic N) is 1. The highest BCUT2D eigenvalue weighted by Crippen LogP contribution is 2.11. The lowest BCUT2D eigenvalue weighted by atomic mass is 10.1. The lowest BCUT2D eigenvalue weighted by molar-refractivity contribution is -0.140. The molecule has 6 heteroatoms. The summed E-state index contributed by atoms with van der Waals surface area (Å²) < 4.78 is 0. The van der Waals surface area contributed by atoms with Crippen LogP contribution in [-0.2, 0) is 16.0 Å². The van der Waals surface area contributed by atoms with Crippen molar-refractivity contribution in [2.24, 2.45) is 0 Å². The van der Waals surface area contributed by atoms with Crippen LogP contribution < -0.4 is 5.32 Å². The quantitative estimate of drug-likeness (QED) is 0.694. The molecule has 0 saturated carbocycles. The third-order valence-electron chi connectivity index (χ3n) is 3.29. The minimum Gasteiger partial charge on any atom is -0.480 e. The van der Waals surface area contributed by atoms with Crippen LogP contribution in [0.3, 0.4) is 0 Å². The Morgan fingerprint density at radius 3 is 2.64 bits per heavy atom. The molecule has 1 aliphatic rings. The maximum absolute atomic E-state index is 12.5. The van der Waals surface area contributed by atoms with Gasteiger partial charge in [-0.25, -0.2) is 0 Å². The molecule has 1 amide bonds. The van der Waals surface area contributed by atoms with E-state index in [1.54, 1.807) is 24.4 Å². The summed E-state index contributed by atoms with van der Waals surface area (Å²) in [6.07, 6.45) is 6.70. The first-order chi connectivity index (χ1) is 10.6. The van der Waals surface area contributed by atoms with Gasteiger partial charge in [-0.1, -0.05) is 36.4 Å². The third kappa shape index (κ3) is 4.22. The smallest absolute Gasteiger partial charge is 0.321 e. The van der Waals surface area contributed by atoms with Crippen molar-refractivity contribution >= 4 is 24.5 Å². The molecule has 0 spiro atoms. The molecule has 1 heterocycles. The Morgan fingerprint density at radius 1 is 1.27 bits per heavy atom. The number of carboxylic acids is 1. The zero-order valence-corrected chi connectivity index (χ0v) is 12.8. The number of rotatable bonds is 6. The number of thiol groups is 1. The maximum atomic E-state index is 12.5. The van der Waals surface area contributed by atoms with Gasteiger partial charge in [-0.3, -0.25) is 19.8 Å².